The molecule has 0 heterocycles. The van der Waals surface area contributed by atoms with Crippen LogP contribution in [0.15, 0.2) is 48.5 Å². The largest absolute Gasteiger partial charge is 0.454 e. The number of benzene rings is 2. The highest BCUT2D eigenvalue weighted by atomic mass is 16.5. The molecule has 6 nitrogen and oxygen atoms in total. The molecular weight excluding hydrogens is 356 g/mol. The molecule has 0 fully saturated rings. The maximum Gasteiger partial charge on any atom is 0.338 e. The Kier molecular flexibility index (Phi) is 7.92. The van der Waals surface area contributed by atoms with Crippen LogP contribution < -0.4 is 5.32 Å². The van der Waals surface area contributed by atoms with Gasteiger partial charge in [-0.05, 0) is 48.9 Å². The number of nitrogens with zero attached hydrogens (tertiary/aromatic N) is 1. The van der Waals surface area contributed by atoms with Crippen LogP contribution in [-0.2, 0) is 9.53 Å². The first-order chi connectivity index (χ1) is 13.5. The number of rotatable bonds is 9. The maximum absolute atomic E-state index is 12.2. The van der Waals surface area contributed by atoms with Gasteiger partial charge in [0.15, 0.2) is 12.4 Å². The molecule has 0 radical (unpaired) electrons. The van der Waals surface area contributed by atoms with Crippen molar-refractivity contribution in [3.05, 3.63) is 65.2 Å². The van der Waals surface area contributed by atoms with Crippen molar-refractivity contribution >= 4 is 23.3 Å². The Morgan fingerprint density at radius 1 is 1.04 bits per heavy atom. The Labute approximate surface area is 164 Å². The Hall–Kier alpha value is -3.46. The zero-order chi connectivity index (χ0) is 20.4. The Morgan fingerprint density at radius 3 is 2.46 bits per heavy atom. The van der Waals surface area contributed by atoms with Gasteiger partial charge >= 0.3 is 5.97 Å². The molecule has 1 N–H and O–H groups in total. The van der Waals surface area contributed by atoms with E-state index >= 15 is 0 Å². The number of hydrogen-bond donors (Lipinski definition) is 1. The molecule has 0 saturated carbocycles. The van der Waals surface area contributed by atoms with Crippen LogP contribution in [-0.4, -0.2) is 24.3 Å². The molecule has 6 heteroatoms. The van der Waals surface area contributed by atoms with Crippen molar-refractivity contribution in [2.45, 2.75) is 32.6 Å². The molecule has 2 aromatic carbocycles. The number of carbonyl (C=O) groups excluding carboxylic acids is 3. The van der Waals surface area contributed by atoms with E-state index in [-0.39, 0.29) is 17.3 Å². The second kappa shape index (κ2) is 10.6. The number of nitrogens with one attached hydrogen (secondary N) is 1. The molecule has 0 aliphatic carbocycles. The van der Waals surface area contributed by atoms with Gasteiger partial charge in [-0.3, -0.25) is 9.59 Å². The molecule has 0 atom stereocenters. The van der Waals surface area contributed by atoms with Crippen LogP contribution in [0.5, 0.6) is 0 Å². The number of ketones is 1. The molecule has 2 aromatic rings. The van der Waals surface area contributed by atoms with Crippen molar-refractivity contribution in [2.75, 3.05) is 11.9 Å². The van der Waals surface area contributed by atoms with Gasteiger partial charge in [0.1, 0.15) is 0 Å². The SMILES string of the molecule is CCCCCC(=O)Nc1ccc(C(=O)COC(=O)c2cccc(C#N)c2)cc1. The van der Waals surface area contributed by atoms with E-state index in [2.05, 4.69) is 12.2 Å². The zero-order valence-corrected chi connectivity index (χ0v) is 15.7. The highest BCUT2D eigenvalue weighted by Crippen LogP contribution is 2.12. The molecule has 0 aliphatic rings. The van der Waals surface area contributed by atoms with Gasteiger partial charge in [0.05, 0.1) is 17.2 Å². The number of ether oxygens (including phenoxy) is 1. The van der Waals surface area contributed by atoms with E-state index in [9.17, 15) is 14.4 Å². The molecule has 28 heavy (non-hydrogen) atoms. The van der Waals surface area contributed by atoms with E-state index < -0.39 is 12.6 Å². The summed E-state index contributed by atoms with van der Waals surface area (Å²) in [7, 11) is 0. The van der Waals surface area contributed by atoms with Crippen LogP contribution in [0.2, 0.25) is 0 Å². The van der Waals surface area contributed by atoms with Crippen molar-refractivity contribution in [3.63, 3.8) is 0 Å². The smallest absolute Gasteiger partial charge is 0.338 e. The summed E-state index contributed by atoms with van der Waals surface area (Å²) in [6.45, 7) is 1.67. The molecule has 2 rings (SSSR count). The van der Waals surface area contributed by atoms with Crippen LogP contribution in [0.4, 0.5) is 5.69 Å². The van der Waals surface area contributed by atoms with Crippen molar-refractivity contribution in [1.29, 1.82) is 5.26 Å². The van der Waals surface area contributed by atoms with Crippen LogP contribution >= 0.6 is 0 Å². The summed E-state index contributed by atoms with van der Waals surface area (Å²) in [5.41, 5.74) is 1.55. The monoisotopic (exact) mass is 378 g/mol. The second-order valence-electron chi connectivity index (χ2n) is 6.27. The van der Waals surface area contributed by atoms with E-state index in [1.165, 1.54) is 12.1 Å². The van der Waals surface area contributed by atoms with Gasteiger partial charge in [-0.1, -0.05) is 25.8 Å². The predicted molar refractivity (Wildman–Crippen MR) is 105 cm³/mol. The van der Waals surface area contributed by atoms with E-state index in [4.69, 9.17) is 10.00 Å². The summed E-state index contributed by atoms with van der Waals surface area (Å²) in [4.78, 5) is 36.0. The van der Waals surface area contributed by atoms with Gasteiger partial charge in [0.25, 0.3) is 0 Å². The van der Waals surface area contributed by atoms with Gasteiger partial charge in [0, 0.05) is 17.7 Å². The zero-order valence-electron chi connectivity index (χ0n) is 15.7. The fourth-order valence-corrected chi connectivity index (χ4v) is 2.51. The summed E-state index contributed by atoms with van der Waals surface area (Å²) in [5.74, 6) is -1.08. The number of carbonyl (C=O) groups is 3. The van der Waals surface area contributed by atoms with Crippen molar-refractivity contribution < 1.29 is 19.1 Å². The fourth-order valence-electron chi connectivity index (χ4n) is 2.51. The minimum absolute atomic E-state index is 0.0546. The summed E-state index contributed by atoms with van der Waals surface area (Å²) in [6, 6.07) is 14.5. The average molecular weight is 378 g/mol. The predicted octanol–water partition coefficient (Wildman–Crippen LogP) is 4.12. The number of esters is 1. The minimum Gasteiger partial charge on any atom is -0.454 e. The van der Waals surface area contributed by atoms with E-state index in [1.54, 1.807) is 36.4 Å². The lowest BCUT2D eigenvalue weighted by molar-refractivity contribution is -0.116. The first kappa shape index (κ1) is 20.8. The maximum atomic E-state index is 12.2. The van der Waals surface area contributed by atoms with Gasteiger partial charge in [0.2, 0.25) is 5.91 Å². The number of hydrogen-bond acceptors (Lipinski definition) is 5. The van der Waals surface area contributed by atoms with E-state index in [0.717, 1.165) is 19.3 Å². The van der Waals surface area contributed by atoms with Gasteiger partial charge in [-0.25, -0.2) is 4.79 Å². The van der Waals surface area contributed by atoms with Crippen molar-refractivity contribution in [1.82, 2.24) is 0 Å². The molecule has 0 saturated heterocycles. The Balaban J connectivity index is 1.86. The average Bonchev–Trinajstić information content (AvgIpc) is 2.72. The highest BCUT2D eigenvalue weighted by molar-refractivity contribution is 6.00. The van der Waals surface area contributed by atoms with Gasteiger partial charge in [-0.15, -0.1) is 0 Å². The van der Waals surface area contributed by atoms with Gasteiger partial charge in [-0.2, -0.15) is 5.26 Å². The topological polar surface area (TPSA) is 96.3 Å². The number of Topliss-reactive ketones (excluding diaryl/α,β-unsaturated/α-hetero) is 1. The summed E-state index contributed by atoms with van der Waals surface area (Å²) < 4.78 is 5.03. The number of anilines is 1. The summed E-state index contributed by atoms with van der Waals surface area (Å²) in [5, 5.41) is 11.6. The van der Waals surface area contributed by atoms with Crippen LogP contribution in [0, 0.1) is 11.3 Å². The summed E-state index contributed by atoms with van der Waals surface area (Å²) >= 11 is 0. The molecule has 1 amide bonds. The minimum atomic E-state index is -0.665. The molecule has 144 valence electrons. The molecular formula is C22H22N2O4. The lowest BCUT2D eigenvalue weighted by Crippen LogP contribution is -2.15. The number of unbranched alkanes of at least 4 members (excludes halogenated alkanes) is 2. The highest BCUT2D eigenvalue weighted by Gasteiger charge is 2.12. The number of nitriles is 1. The number of amides is 1. The van der Waals surface area contributed by atoms with Crippen LogP contribution in [0.25, 0.3) is 0 Å². The van der Waals surface area contributed by atoms with Crippen LogP contribution in [0.3, 0.4) is 0 Å². The molecule has 0 aliphatic heterocycles. The quantitative estimate of drug-likeness (QED) is 0.402. The summed E-state index contributed by atoms with van der Waals surface area (Å²) in [6.07, 6.45) is 3.39. The lowest BCUT2D eigenvalue weighted by Gasteiger charge is -2.07. The molecule has 0 aromatic heterocycles. The molecule has 0 bridgehead atoms. The fraction of sp³-hybridized carbons (Fsp3) is 0.273. The Morgan fingerprint density at radius 2 is 1.79 bits per heavy atom. The molecule has 0 unspecified atom stereocenters. The van der Waals surface area contributed by atoms with Crippen molar-refractivity contribution in [3.8, 4) is 6.07 Å². The van der Waals surface area contributed by atoms with E-state index in [0.29, 0.717) is 23.2 Å². The first-order valence-corrected chi connectivity index (χ1v) is 9.14. The first-order valence-electron chi connectivity index (χ1n) is 9.14. The van der Waals surface area contributed by atoms with E-state index in [1.807, 2.05) is 6.07 Å². The Bertz CT molecular complexity index is 882. The third kappa shape index (κ3) is 6.36. The third-order valence-electron chi connectivity index (χ3n) is 4.06. The van der Waals surface area contributed by atoms with Crippen LogP contribution in [0.1, 0.15) is 58.9 Å². The third-order valence-corrected chi connectivity index (χ3v) is 4.06. The lowest BCUT2D eigenvalue weighted by atomic mass is 10.1. The molecule has 0 spiro atoms. The standard InChI is InChI=1S/C22H22N2O4/c1-2-3-4-8-21(26)24-19-11-9-17(10-12-19)20(25)15-28-22(27)18-7-5-6-16(13-18)14-23/h5-7,9-13H,2-4,8,15H2,1H3,(H,24,26). The normalized spacial score (nSPS) is 10.0. The second-order valence-corrected chi connectivity index (χ2v) is 6.27. The van der Waals surface area contributed by atoms with Crippen molar-refractivity contribution in [2.24, 2.45) is 0 Å². The van der Waals surface area contributed by atoms with Gasteiger partial charge < -0.3 is 10.1 Å².